The quantitative estimate of drug-likeness (QED) is 0.174. The Kier molecular flexibility index (Phi) is 8.43. The molecule has 2 N–H and O–H groups in total. The van der Waals surface area contributed by atoms with E-state index in [4.69, 9.17) is 21.9 Å². The van der Waals surface area contributed by atoms with Crippen LogP contribution in [0.2, 0.25) is 0 Å². The van der Waals surface area contributed by atoms with Gasteiger partial charge in [0.1, 0.15) is 5.75 Å². The summed E-state index contributed by atoms with van der Waals surface area (Å²) < 4.78 is 7.94. The second-order valence-electron chi connectivity index (χ2n) is 10.8. The van der Waals surface area contributed by atoms with Crippen molar-refractivity contribution >= 4 is 34.6 Å². The molecule has 44 heavy (non-hydrogen) atoms. The number of amides is 1. The predicted molar refractivity (Wildman–Crippen MR) is 180 cm³/mol. The average molecular weight is 602 g/mol. The molecule has 8 heteroatoms. The van der Waals surface area contributed by atoms with E-state index in [1.54, 1.807) is 0 Å². The van der Waals surface area contributed by atoms with Gasteiger partial charge in [-0.3, -0.25) is 9.78 Å². The fourth-order valence-electron chi connectivity index (χ4n) is 6.00. The van der Waals surface area contributed by atoms with Crippen LogP contribution in [0.25, 0.3) is 5.69 Å². The Hall–Kier alpha value is -4.95. The summed E-state index contributed by atoms with van der Waals surface area (Å²) in [5.74, 6) is 0.423. The number of thiocarbonyl (C=S) groups is 1. The average Bonchev–Trinajstić information content (AvgIpc) is 3.55. The summed E-state index contributed by atoms with van der Waals surface area (Å²) in [6.45, 7) is 6.45. The van der Waals surface area contributed by atoms with Crippen LogP contribution in [0, 0.1) is 13.8 Å². The number of nitrogens with one attached hydrogen (secondary N) is 2. The van der Waals surface area contributed by atoms with Crippen LogP contribution in [0.4, 0.5) is 11.4 Å². The van der Waals surface area contributed by atoms with E-state index in [1.807, 2.05) is 79.0 Å². The van der Waals surface area contributed by atoms with Gasteiger partial charge in [0.2, 0.25) is 0 Å². The van der Waals surface area contributed by atoms with E-state index < -0.39 is 0 Å². The third kappa shape index (κ3) is 5.81. The fourth-order valence-corrected chi connectivity index (χ4v) is 6.35. The van der Waals surface area contributed by atoms with Crippen molar-refractivity contribution in [1.82, 2.24) is 14.9 Å². The number of anilines is 2. The number of hydrogen-bond donors (Lipinski definition) is 2. The van der Waals surface area contributed by atoms with E-state index in [0.717, 1.165) is 29.2 Å². The summed E-state index contributed by atoms with van der Waals surface area (Å²) in [6, 6.07) is 33.6. The highest BCUT2D eigenvalue weighted by Crippen LogP contribution is 2.44. The SMILES string of the molecule is CCc1ccccc1-n1c(C)cc([C@@H]2[C@H](c3ccccn3)NC(=S)N2c2ccc(NC(=O)COc3ccccc3)cc2)c1C. The van der Waals surface area contributed by atoms with Crippen LogP contribution >= 0.6 is 12.2 Å². The first-order valence-electron chi connectivity index (χ1n) is 14.8. The summed E-state index contributed by atoms with van der Waals surface area (Å²) >= 11 is 5.97. The van der Waals surface area contributed by atoms with Gasteiger partial charge in [-0.15, -0.1) is 0 Å². The normalized spacial score (nSPS) is 16.1. The molecule has 2 atom stereocenters. The van der Waals surface area contributed by atoms with Crippen molar-refractivity contribution in [2.24, 2.45) is 0 Å². The van der Waals surface area contributed by atoms with Gasteiger partial charge in [0.15, 0.2) is 11.7 Å². The zero-order valence-corrected chi connectivity index (χ0v) is 25.8. The zero-order chi connectivity index (χ0) is 30.6. The first kappa shape index (κ1) is 29.1. The molecule has 0 unspecified atom stereocenters. The zero-order valence-electron chi connectivity index (χ0n) is 25.0. The molecule has 1 aliphatic heterocycles. The number of carbonyl (C=O) groups excluding carboxylic acids is 1. The number of pyridine rings is 1. The molecular formula is C36H35N5O2S. The molecule has 1 saturated heterocycles. The largest absolute Gasteiger partial charge is 0.484 e. The number of ether oxygens (including phenoxy) is 1. The first-order chi connectivity index (χ1) is 21.4. The lowest BCUT2D eigenvalue weighted by molar-refractivity contribution is -0.118. The Morgan fingerprint density at radius 1 is 0.955 bits per heavy atom. The Morgan fingerprint density at radius 2 is 1.68 bits per heavy atom. The van der Waals surface area contributed by atoms with Crippen molar-refractivity contribution in [1.29, 1.82) is 0 Å². The van der Waals surface area contributed by atoms with E-state index in [2.05, 4.69) is 71.2 Å². The van der Waals surface area contributed by atoms with Crippen molar-refractivity contribution < 1.29 is 9.53 Å². The van der Waals surface area contributed by atoms with Crippen LogP contribution in [0.1, 0.15) is 47.2 Å². The van der Waals surface area contributed by atoms with E-state index in [-0.39, 0.29) is 24.6 Å². The molecule has 6 rings (SSSR count). The topological polar surface area (TPSA) is 71.4 Å². The molecule has 0 saturated carbocycles. The number of aryl methyl sites for hydroxylation is 2. The molecule has 7 nitrogen and oxygen atoms in total. The summed E-state index contributed by atoms with van der Waals surface area (Å²) in [5, 5.41) is 7.11. The van der Waals surface area contributed by atoms with Gasteiger partial charge in [0, 0.05) is 34.6 Å². The Morgan fingerprint density at radius 3 is 2.41 bits per heavy atom. The summed E-state index contributed by atoms with van der Waals surface area (Å²) in [6.07, 6.45) is 2.77. The molecule has 1 aliphatic rings. The van der Waals surface area contributed by atoms with Crippen molar-refractivity contribution in [2.75, 3.05) is 16.8 Å². The number of nitrogens with zero attached hydrogens (tertiary/aromatic N) is 3. The molecule has 0 aliphatic carbocycles. The lowest BCUT2D eigenvalue weighted by Crippen LogP contribution is -2.29. The van der Waals surface area contributed by atoms with E-state index in [1.165, 1.54) is 16.8 Å². The Balaban J connectivity index is 1.32. The standard InChI is InChI=1S/C36H35N5O2S/c1-4-26-12-8-9-16-32(26)40-24(2)22-30(25(40)3)35-34(31-15-10-11-21-37-31)39-36(44)41(35)28-19-17-27(18-20-28)38-33(42)23-43-29-13-6-5-7-14-29/h5-22,34-35H,4,23H2,1-3H3,(H,38,42)(H,39,44)/t34-,35+/m0/s1. The van der Waals surface area contributed by atoms with Gasteiger partial charge in [-0.25, -0.2) is 0 Å². The molecule has 2 aromatic heterocycles. The minimum Gasteiger partial charge on any atom is -0.484 e. The van der Waals surface area contributed by atoms with Gasteiger partial charge in [0.05, 0.1) is 17.8 Å². The highest BCUT2D eigenvalue weighted by atomic mass is 32.1. The summed E-state index contributed by atoms with van der Waals surface area (Å²) in [5.41, 5.74) is 8.51. The second-order valence-corrected chi connectivity index (χ2v) is 11.2. The van der Waals surface area contributed by atoms with Gasteiger partial charge in [-0.05, 0) is 104 Å². The van der Waals surface area contributed by atoms with Gasteiger partial charge in [0.25, 0.3) is 5.91 Å². The van der Waals surface area contributed by atoms with Crippen LogP contribution in [0.15, 0.2) is 109 Å². The molecule has 3 heterocycles. The van der Waals surface area contributed by atoms with Crippen LogP contribution in [-0.2, 0) is 11.2 Å². The first-order valence-corrected chi connectivity index (χ1v) is 15.2. The fraction of sp³-hybridized carbons (Fsp3) is 0.194. The molecule has 0 bridgehead atoms. The van der Waals surface area contributed by atoms with Crippen LogP contribution in [0.5, 0.6) is 5.75 Å². The Bertz CT molecular complexity index is 1770. The molecule has 1 amide bonds. The van der Waals surface area contributed by atoms with Crippen molar-refractivity contribution in [3.63, 3.8) is 0 Å². The second kappa shape index (κ2) is 12.7. The maximum Gasteiger partial charge on any atom is 0.262 e. The summed E-state index contributed by atoms with van der Waals surface area (Å²) in [7, 11) is 0. The van der Waals surface area contributed by atoms with E-state index in [0.29, 0.717) is 16.5 Å². The third-order valence-electron chi connectivity index (χ3n) is 8.04. The lowest BCUT2D eigenvalue weighted by Gasteiger charge is -2.28. The number of aromatic nitrogens is 2. The van der Waals surface area contributed by atoms with Crippen molar-refractivity contribution in [2.45, 2.75) is 39.3 Å². The monoisotopic (exact) mass is 601 g/mol. The van der Waals surface area contributed by atoms with Gasteiger partial charge in [-0.2, -0.15) is 0 Å². The van der Waals surface area contributed by atoms with Gasteiger partial charge >= 0.3 is 0 Å². The van der Waals surface area contributed by atoms with Crippen molar-refractivity contribution in [3.05, 3.63) is 138 Å². The number of hydrogen-bond acceptors (Lipinski definition) is 4. The van der Waals surface area contributed by atoms with Crippen LogP contribution in [-0.4, -0.2) is 27.2 Å². The van der Waals surface area contributed by atoms with Gasteiger partial charge < -0.3 is 24.8 Å². The number of rotatable bonds is 9. The van der Waals surface area contributed by atoms with E-state index in [9.17, 15) is 4.79 Å². The minimum atomic E-state index is -0.229. The van der Waals surface area contributed by atoms with Gasteiger partial charge in [-0.1, -0.05) is 49.4 Å². The molecule has 3 aromatic carbocycles. The molecular weight excluding hydrogens is 566 g/mol. The highest BCUT2D eigenvalue weighted by Gasteiger charge is 2.42. The van der Waals surface area contributed by atoms with Crippen LogP contribution in [0.3, 0.4) is 0 Å². The Labute approximate surface area is 263 Å². The molecule has 5 aromatic rings. The predicted octanol–water partition coefficient (Wildman–Crippen LogP) is 7.25. The minimum absolute atomic E-state index is 0.0729. The smallest absolute Gasteiger partial charge is 0.262 e. The number of benzene rings is 3. The maximum atomic E-state index is 12.6. The lowest BCUT2D eigenvalue weighted by atomic mass is 9.96. The highest BCUT2D eigenvalue weighted by molar-refractivity contribution is 7.80. The molecule has 0 spiro atoms. The molecule has 1 fully saturated rings. The number of para-hydroxylation sites is 2. The molecule has 222 valence electrons. The van der Waals surface area contributed by atoms with Crippen molar-refractivity contribution in [3.8, 4) is 11.4 Å². The summed E-state index contributed by atoms with van der Waals surface area (Å²) in [4.78, 5) is 19.4. The molecule has 0 radical (unpaired) electrons. The number of carbonyl (C=O) groups is 1. The van der Waals surface area contributed by atoms with Crippen LogP contribution < -0.4 is 20.3 Å². The maximum absolute atomic E-state index is 12.6. The van der Waals surface area contributed by atoms with E-state index >= 15 is 0 Å². The third-order valence-corrected chi connectivity index (χ3v) is 8.36.